The first-order chi connectivity index (χ1) is 36.1. The van der Waals surface area contributed by atoms with Gasteiger partial charge < -0.3 is 93.0 Å². The van der Waals surface area contributed by atoms with Crippen LogP contribution in [0.5, 0.6) is 0 Å². The van der Waals surface area contributed by atoms with E-state index in [1.807, 2.05) is 6.92 Å². The Bertz CT molecular complexity index is 2350. The molecule has 22 heteroatoms. The zero-order valence-corrected chi connectivity index (χ0v) is 41.9. The number of aliphatic hydroxyl groups excluding tert-OH is 8. The number of hydrogen-bond acceptors (Lipinski definition) is 21. The number of carbonyl (C=O) groups is 2. The number of esters is 1. The van der Waals surface area contributed by atoms with E-state index in [2.05, 4.69) is 0 Å². The predicted octanol–water partition coefficient (Wildman–Crippen LogP) is 1.28. The second-order valence-electron chi connectivity index (χ2n) is 20.5. The van der Waals surface area contributed by atoms with E-state index in [4.69, 9.17) is 47.0 Å². The summed E-state index contributed by atoms with van der Waals surface area (Å²) in [6, 6.07) is 16.3. The summed E-state index contributed by atoms with van der Waals surface area (Å²) in [5.41, 5.74) is -0.120. The SMILES string of the molecule is CCC1CC(CO[C@H]2OC(CO)[C@@H](O)C(OCc3cc4ccccc4oc3=O)C2O)C[C@@H](O[C@@H]2OC(CO)[C@H](O)C(O[C@@H](CC3CCCCC3)C(=O)O)C2OC(=O)c2ccccc2)C1O[C@@H]1OC(C)[C@@H](O)C(O)C1O. The first-order valence-corrected chi connectivity index (χ1v) is 26.1. The molecule has 416 valence electrons. The van der Waals surface area contributed by atoms with E-state index in [1.54, 1.807) is 48.5 Å². The number of para-hydroxylation sites is 1. The third-order valence-electron chi connectivity index (χ3n) is 15.3. The molecule has 20 atom stereocenters. The van der Waals surface area contributed by atoms with Gasteiger partial charge in [-0.2, -0.15) is 0 Å². The molecule has 5 fully saturated rings. The number of fused-ring (bicyclic) bond motifs is 1. The maximum absolute atomic E-state index is 14.0. The lowest BCUT2D eigenvalue weighted by Crippen LogP contribution is -2.64. The minimum Gasteiger partial charge on any atom is -0.479 e. The van der Waals surface area contributed by atoms with Gasteiger partial charge in [0.1, 0.15) is 66.6 Å². The van der Waals surface area contributed by atoms with Gasteiger partial charge in [-0.1, -0.05) is 81.8 Å². The number of rotatable bonds is 20. The molecule has 0 spiro atoms. The van der Waals surface area contributed by atoms with E-state index in [9.17, 15) is 60.3 Å². The summed E-state index contributed by atoms with van der Waals surface area (Å²) >= 11 is 0. The summed E-state index contributed by atoms with van der Waals surface area (Å²) in [4.78, 5) is 39.7. The van der Waals surface area contributed by atoms with Crippen molar-refractivity contribution >= 4 is 22.9 Å². The van der Waals surface area contributed by atoms with Crippen molar-refractivity contribution in [3.8, 4) is 0 Å². The molecule has 3 aliphatic heterocycles. The molecule has 3 saturated heterocycles. The summed E-state index contributed by atoms with van der Waals surface area (Å²) in [5.74, 6) is -3.17. The minimum atomic E-state index is -1.74. The van der Waals surface area contributed by atoms with Crippen LogP contribution in [0.15, 0.2) is 69.9 Å². The van der Waals surface area contributed by atoms with Gasteiger partial charge in [0.25, 0.3) is 0 Å². The van der Waals surface area contributed by atoms with Gasteiger partial charge in [-0.25, -0.2) is 14.4 Å². The number of ether oxygens (including phenoxy) is 9. The Morgan fingerprint density at radius 1 is 0.693 bits per heavy atom. The second kappa shape index (κ2) is 26.1. The van der Waals surface area contributed by atoms with Crippen molar-refractivity contribution in [3.05, 3.63) is 82.2 Å². The number of benzene rings is 2. The fraction of sp³-hybridized carbons (Fsp3) is 0.679. The van der Waals surface area contributed by atoms with E-state index in [0.29, 0.717) is 23.8 Å². The lowest BCUT2D eigenvalue weighted by Gasteiger charge is -2.49. The molecule has 8 rings (SSSR count). The van der Waals surface area contributed by atoms with Crippen molar-refractivity contribution in [1.29, 1.82) is 0 Å². The van der Waals surface area contributed by atoms with Crippen molar-refractivity contribution in [2.75, 3.05) is 19.8 Å². The Balaban J connectivity index is 1.07. The monoisotopic (exact) mass is 1060 g/mol. The molecule has 2 saturated carbocycles. The maximum atomic E-state index is 14.0. The lowest BCUT2D eigenvalue weighted by atomic mass is 9.76. The molecule has 12 unspecified atom stereocenters. The quantitative estimate of drug-likeness (QED) is 0.0568. The molecule has 9 N–H and O–H groups in total. The van der Waals surface area contributed by atoms with Gasteiger partial charge >= 0.3 is 17.6 Å². The van der Waals surface area contributed by atoms with Crippen LogP contribution in [0.3, 0.4) is 0 Å². The van der Waals surface area contributed by atoms with Gasteiger partial charge in [-0.05, 0) is 68.2 Å². The van der Waals surface area contributed by atoms with Crippen LogP contribution in [0.1, 0.15) is 87.6 Å². The highest BCUT2D eigenvalue weighted by Crippen LogP contribution is 2.41. The molecule has 5 aliphatic rings. The molecule has 2 aromatic carbocycles. The Morgan fingerprint density at radius 2 is 1.37 bits per heavy atom. The summed E-state index contributed by atoms with van der Waals surface area (Å²) in [6.45, 7) is 1.33. The fourth-order valence-corrected chi connectivity index (χ4v) is 11.1. The Morgan fingerprint density at radius 3 is 2.07 bits per heavy atom. The van der Waals surface area contributed by atoms with E-state index in [0.717, 1.165) is 32.1 Å². The van der Waals surface area contributed by atoms with Gasteiger partial charge in [0, 0.05) is 5.39 Å². The smallest absolute Gasteiger partial charge is 0.341 e. The fourth-order valence-electron chi connectivity index (χ4n) is 11.1. The van der Waals surface area contributed by atoms with E-state index < -0.39 is 153 Å². The number of aliphatic carboxylic acids is 1. The van der Waals surface area contributed by atoms with E-state index in [1.165, 1.54) is 19.1 Å². The van der Waals surface area contributed by atoms with Gasteiger partial charge in [-0.3, -0.25) is 0 Å². The highest BCUT2D eigenvalue weighted by atomic mass is 16.8. The standard InChI is InChI=1S/C53H72O22/c1-3-29-18-28(24-67-51-43(61)45(39(57)36(22-54)72-51)66-25-32-21-31-16-10-11-17-33(31)70-50(32)65)20-34(44(29)75-52-42(60)41(59)38(56)26(2)68-52)71-53-47(74-49(64)30-14-8-5-9-15-30)46(40(58)37(23-55)73-53)69-35(48(62)63)19-27-12-6-4-7-13-27/h5,8-11,14-17,21,26-29,34-47,51-61H,3-4,6-7,12-13,18-20,22-25H2,1-2H3,(H,62,63)/t26?,28?,29?,34-,35+,36?,37?,38-,39-,40+,41?,42?,43?,44?,45?,46?,47?,51+,52+,53-/m1/s1. The third-order valence-corrected chi connectivity index (χ3v) is 15.3. The molecule has 22 nitrogen and oxygen atoms in total. The molecule has 0 bridgehead atoms. The van der Waals surface area contributed by atoms with Crippen molar-refractivity contribution in [3.63, 3.8) is 0 Å². The van der Waals surface area contributed by atoms with Crippen LogP contribution >= 0.6 is 0 Å². The lowest BCUT2D eigenvalue weighted by molar-refractivity contribution is -0.351. The number of carboxylic acids is 1. The van der Waals surface area contributed by atoms with E-state index >= 15 is 0 Å². The van der Waals surface area contributed by atoms with Crippen molar-refractivity contribution in [2.24, 2.45) is 17.8 Å². The number of aliphatic hydroxyl groups is 8. The molecular formula is C53H72O22. The Labute approximate surface area is 432 Å². The van der Waals surface area contributed by atoms with Crippen LogP contribution in [0, 0.1) is 17.8 Å². The Kier molecular flexibility index (Phi) is 19.9. The molecule has 4 heterocycles. The zero-order valence-electron chi connectivity index (χ0n) is 41.9. The largest absolute Gasteiger partial charge is 0.479 e. The van der Waals surface area contributed by atoms with Crippen LogP contribution < -0.4 is 5.63 Å². The number of hydrogen-bond donors (Lipinski definition) is 9. The topological polar surface area (TPSA) is 329 Å². The zero-order chi connectivity index (χ0) is 53.5. The molecule has 2 aliphatic carbocycles. The highest BCUT2D eigenvalue weighted by molar-refractivity contribution is 5.89. The van der Waals surface area contributed by atoms with Crippen LogP contribution in [0.4, 0.5) is 0 Å². The second-order valence-corrected chi connectivity index (χ2v) is 20.5. The van der Waals surface area contributed by atoms with Crippen molar-refractivity contribution in [1.82, 2.24) is 0 Å². The molecule has 75 heavy (non-hydrogen) atoms. The van der Waals surface area contributed by atoms with Crippen LogP contribution in [-0.2, 0) is 54.0 Å². The normalized spacial score (nSPS) is 37.2. The molecule has 3 aromatic rings. The molecule has 1 aromatic heterocycles. The highest BCUT2D eigenvalue weighted by Gasteiger charge is 2.54. The molecule has 0 amide bonds. The van der Waals surface area contributed by atoms with Crippen LogP contribution in [-0.4, -0.2) is 188 Å². The first kappa shape index (κ1) is 57.1. The summed E-state index contributed by atoms with van der Waals surface area (Å²) in [6.07, 6.45) is -21.3. The first-order valence-electron chi connectivity index (χ1n) is 26.1. The Hall–Kier alpha value is -4.05. The molecular weight excluding hydrogens is 989 g/mol. The van der Waals surface area contributed by atoms with Crippen molar-refractivity contribution in [2.45, 2.75) is 189 Å². The maximum Gasteiger partial charge on any atom is 0.341 e. The minimum absolute atomic E-state index is 0.00434. The predicted molar refractivity (Wildman–Crippen MR) is 258 cm³/mol. The summed E-state index contributed by atoms with van der Waals surface area (Å²) < 4.78 is 61.3. The van der Waals surface area contributed by atoms with Crippen LogP contribution in [0.25, 0.3) is 11.0 Å². The van der Waals surface area contributed by atoms with Gasteiger partial charge in [-0.15, -0.1) is 0 Å². The van der Waals surface area contributed by atoms with Gasteiger partial charge in [0.05, 0.1) is 55.9 Å². The summed E-state index contributed by atoms with van der Waals surface area (Å²) in [7, 11) is 0. The molecule has 0 radical (unpaired) electrons. The van der Waals surface area contributed by atoms with Gasteiger partial charge in [0.2, 0.25) is 0 Å². The van der Waals surface area contributed by atoms with Gasteiger partial charge in [0.15, 0.2) is 31.1 Å². The number of carbonyl (C=O) groups excluding carboxylic acids is 1. The van der Waals surface area contributed by atoms with Crippen LogP contribution in [0.2, 0.25) is 0 Å². The average Bonchev–Trinajstić information content (AvgIpc) is 3.41. The van der Waals surface area contributed by atoms with Crippen molar-refractivity contribution < 1.29 is 103 Å². The third kappa shape index (κ3) is 13.5. The number of carboxylic acid groups (broad SMARTS) is 1. The summed E-state index contributed by atoms with van der Waals surface area (Å²) in [5, 5.41) is 99.1. The average molecular weight is 1060 g/mol. The van der Waals surface area contributed by atoms with E-state index in [-0.39, 0.29) is 43.1 Å².